The minimum Gasteiger partial charge on any atom is -0.491 e. The van der Waals surface area contributed by atoms with E-state index in [1.54, 1.807) is 7.05 Å². The maximum atomic E-state index is 12.1. The van der Waals surface area contributed by atoms with Crippen LogP contribution in [-0.2, 0) is 11.3 Å². The van der Waals surface area contributed by atoms with Crippen LogP contribution in [-0.4, -0.2) is 76.3 Å². The zero-order valence-electron chi connectivity index (χ0n) is 23.5. The van der Waals surface area contributed by atoms with E-state index in [2.05, 4.69) is 36.1 Å². The van der Waals surface area contributed by atoms with Crippen LogP contribution in [0.15, 0.2) is 42.5 Å². The molecule has 1 heterocycles. The Hall–Kier alpha value is -3.30. The Bertz CT molecular complexity index is 1150. The number of hydrogen-bond donors (Lipinski definition) is 2. The zero-order valence-corrected chi connectivity index (χ0v) is 24.3. The lowest BCUT2D eigenvalue weighted by molar-refractivity contribution is -0.125. The van der Waals surface area contributed by atoms with Gasteiger partial charge < -0.3 is 19.8 Å². The minimum atomic E-state index is -1.83. The van der Waals surface area contributed by atoms with E-state index in [1.165, 1.54) is 53.0 Å². The molecule has 4 rings (SSSR count). The first-order chi connectivity index (χ1) is 19.0. The number of carbonyl (C=O) groups excluding carboxylic acids is 2. The van der Waals surface area contributed by atoms with Crippen molar-refractivity contribution >= 4 is 29.7 Å². The molecule has 9 nitrogen and oxygen atoms in total. The molecule has 1 saturated carbocycles. The van der Waals surface area contributed by atoms with Gasteiger partial charge in [-0.05, 0) is 67.5 Å². The second-order valence-corrected chi connectivity index (χ2v) is 11.0. The number of carboxylic acid groups (broad SMARTS) is 2. The lowest BCUT2D eigenvalue weighted by atomic mass is 9.88. The van der Waals surface area contributed by atoms with Gasteiger partial charge in [0.2, 0.25) is 5.91 Å². The quantitative estimate of drug-likeness (QED) is 0.321. The number of rotatable bonds is 10. The van der Waals surface area contributed by atoms with Crippen molar-refractivity contribution in [2.45, 2.75) is 58.5 Å². The smallest absolute Gasteiger partial charge is 0.491 e. The average Bonchev–Trinajstić information content (AvgIpc) is 3.15. The predicted molar refractivity (Wildman–Crippen MR) is 154 cm³/mol. The molecule has 2 N–H and O–H groups in total. The van der Waals surface area contributed by atoms with Gasteiger partial charge in [0.05, 0.1) is 6.54 Å². The van der Waals surface area contributed by atoms with Gasteiger partial charge in [0.15, 0.2) is 0 Å². The molecule has 2 aromatic rings. The van der Waals surface area contributed by atoms with E-state index >= 15 is 0 Å². The van der Waals surface area contributed by atoms with Crippen molar-refractivity contribution in [3.8, 4) is 5.75 Å². The van der Waals surface area contributed by atoms with Crippen molar-refractivity contribution in [2.24, 2.45) is 5.92 Å². The summed E-state index contributed by atoms with van der Waals surface area (Å²) in [5.41, 5.74) is 3.59. The Morgan fingerprint density at radius 1 is 1.10 bits per heavy atom. The van der Waals surface area contributed by atoms with Gasteiger partial charge in [0.25, 0.3) is 0 Å². The molecule has 0 radical (unpaired) electrons. The van der Waals surface area contributed by atoms with E-state index in [1.807, 2.05) is 25.1 Å². The fourth-order valence-corrected chi connectivity index (χ4v) is 5.48. The topological polar surface area (TPSA) is 111 Å². The highest BCUT2D eigenvalue weighted by molar-refractivity contribution is 6.30. The highest BCUT2D eigenvalue weighted by Crippen LogP contribution is 2.31. The van der Waals surface area contributed by atoms with Gasteiger partial charge >= 0.3 is 12.2 Å². The van der Waals surface area contributed by atoms with Gasteiger partial charge in [-0.1, -0.05) is 55.1 Å². The number of imide groups is 1. The summed E-state index contributed by atoms with van der Waals surface area (Å²) in [7, 11) is 1.63. The Labute approximate surface area is 241 Å². The maximum absolute atomic E-state index is 12.1. The second kappa shape index (κ2) is 14.9. The standard InChI is InChI=1S/C29H38ClN3O3.CH2O3/c1-21-17-24(9-14-27(21)36-16-15-33-28(34)20-31(3)29(33)35)19-32(18-23-7-5-4-6-8-23)22(2)25-10-12-26(30)13-11-25;2-1(3)4/h9-14,17,22-23H,4-8,15-16,18-20H2,1-3H3;(H2,2,3,4)/t22-;/m0./s1. The highest BCUT2D eigenvalue weighted by atomic mass is 35.5. The fourth-order valence-electron chi connectivity index (χ4n) is 5.36. The zero-order chi connectivity index (χ0) is 29.2. The number of likely N-dealkylation sites (N-methyl/N-ethyl adjacent to an activating group) is 1. The molecule has 0 spiro atoms. The molecule has 40 heavy (non-hydrogen) atoms. The van der Waals surface area contributed by atoms with Crippen LogP contribution in [0.25, 0.3) is 0 Å². The van der Waals surface area contributed by atoms with Gasteiger partial charge in [-0.2, -0.15) is 0 Å². The molecule has 1 atom stereocenters. The molecule has 0 unspecified atom stereocenters. The van der Waals surface area contributed by atoms with Crippen LogP contribution in [0.5, 0.6) is 5.75 Å². The van der Waals surface area contributed by atoms with Crippen molar-refractivity contribution in [1.29, 1.82) is 0 Å². The third-order valence-corrected chi connectivity index (χ3v) is 7.80. The van der Waals surface area contributed by atoms with Crippen LogP contribution in [0.4, 0.5) is 9.59 Å². The summed E-state index contributed by atoms with van der Waals surface area (Å²) in [6.07, 6.45) is 4.83. The maximum Gasteiger partial charge on any atom is 0.503 e. The lowest BCUT2D eigenvalue weighted by Gasteiger charge is -2.34. The molecular weight excluding hydrogens is 534 g/mol. The lowest BCUT2D eigenvalue weighted by Crippen LogP contribution is -2.35. The molecule has 1 aliphatic carbocycles. The number of amides is 3. The van der Waals surface area contributed by atoms with E-state index in [0.29, 0.717) is 0 Å². The number of ether oxygens (including phenoxy) is 1. The summed E-state index contributed by atoms with van der Waals surface area (Å²) in [6.45, 7) is 6.97. The van der Waals surface area contributed by atoms with E-state index in [9.17, 15) is 9.59 Å². The first-order valence-corrected chi connectivity index (χ1v) is 14.1. The summed E-state index contributed by atoms with van der Waals surface area (Å²) in [4.78, 5) is 37.8. The molecule has 0 bridgehead atoms. The number of nitrogens with zero attached hydrogens (tertiary/aromatic N) is 3. The molecule has 218 valence electrons. The Morgan fingerprint density at radius 3 is 2.33 bits per heavy atom. The molecule has 0 aromatic heterocycles. The first kappa shape index (κ1) is 31.2. The number of aryl methyl sites for hydroxylation is 1. The molecular formula is C30H40ClN3O6. The van der Waals surface area contributed by atoms with Gasteiger partial charge in [-0.25, -0.2) is 9.59 Å². The van der Waals surface area contributed by atoms with Crippen LogP contribution in [0, 0.1) is 12.8 Å². The normalized spacial score (nSPS) is 16.6. The molecule has 3 amide bonds. The first-order valence-electron chi connectivity index (χ1n) is 13.7. The number of urea groups is 1. The minimum absolute atomic E-state index is 0.137. The van der Waals surface area contributed by atoms with Gasteiger partial charge in [-0.3, -0.25) is 14.6 Å². The number of benzene rings is 2. The SMILES string of the molecule is Cc1cc(CN(CC2CCCCC2)[C@@H](C)c2ccc(Cl)cc2)ccc1OCCN1C(=O)CN(C)C1=O.O=C(O)O. The van der Waals surface area contributed by atoms with E-state index in [4.69, 9.17) is 31.3 Å². The molecule has 2 fully saturated rings. The summed E-state index contributed by atoms with van der Waals surface area (Å²) < 4.78 is 5.95. The van der Waals surface area contributed by atoms with Crippen LogP contribution in [0.1, 0.15) is 61.8 Å². The van der Waals surface area contributed by atoms with Gasteiger partial charge in [-0.15, -0.1) is 0 Å². The monoisotopic (exact) mass is 573 g/mol. The third kappa shape index (κ3) is 9.13. The van der Waals surface area contributed by atoms with Gasteiger partial charge in [0.1, 0.15) is 18.9 Å². The Balaban J connectivity index is 0.00000103. The van der Waals surface area contributed by atoms with Crippen molar-refractivity contribution < 1.29 is 29.3 Å². The molecule has 1 aliphatic heterocycles. The number of halogens is 1. The van der Waals surface area contributed by atoms with Crippen LogP contribution in [0.3, 0.4) is 0 Å². The summed E-state index contributed by atoms with van der Waals surface area (Å²) in [5.74, 6) is 1.36. The average molecular weight is 574 g/mol. The van der Waals surface area contributed by atoms with Crippen molar-refractivity contribution in [1.82, 2.24) is 14.7 Å². The van der Waals surface area contributed by atoms with Crippen molar-refractivity contribution in [3.05, 3.63) is 64.2 Å². The second-order valence-electron chi connectivity index (χ2n) is 10.6. The Morgan fingerprint density at radius 2 is 1.75 bits per heavy atom. The molecule has 1 saturated heterocycles. The van der Waals surface area contributed by atoms with Crippen LogP contribution in [0.2, 0.25) is 5.02 Å². The third-order valence-electron chi connectivity index (χ3n) is 7.55. The summed E-state index contributed by atoms with van der Waals surface area (Å²) in [5, 5.41) is 14.7. The molecule has 2 aliphatic rings. The highest BCUT2D eigenvalue weighted by Gasteiger charge is 2.33. The van der Waals surface area contributed by atoms with E-state index in [-0.39, 0.29) is 37.7 Å². The van der Waals surface area contributed by atoms with Crippen molar-refractivity contribution in [2.75, 3.05) is 33.3 Å². The predicted octanol–water partition coefficient (Wildman–Crippen LogP) is 6.29. The molecule has 2 aromatic carbocycles. The Kier molecular flexibility index (Phi) is 11.6. The van der Waals surface area contributed by atoms with E-state index < -0.39 is 6.16 Å². The summed E-state index contributed by atoms with van der Waals surface area (Å²) >= 11 is 6.14. The summed E-state index contributed by atoms with van der Waals surface area (Å²) in [6, 6.07) is 14.6. The van der Waals surface area contributed by atoms with Crippen molar-refractivity contribution in [3.63, 3.8) is 0 Å². The van der Waals surface area contributed by atoms with Crippen LogP contribution >= 0.6 is 11.6 Å². The fraction of sp³-hybridized carbons (Fsp3) is 0.500. The number of hydrogen-bond acceptors (Lipinski definition) is 5. The molecule has 10 heteroatoms. The van der Waals surface area contributed by atoms with E-state index in [0.717, 1.165) is 35.3 Å². The van der Waals surface area contributed by atoms with Crippen LogP contribution < -0.4 is 4.74 Å². The largest absolute Gasteiger partial charge is 0.503 e. The number of carbonyl (C=O) groups is 3. The van der Waals surface area contributed by atoms with Gasteiger partial charge in [0, 0.05) is 31.2 Å².